The van der Waals surface area contributed by atoms with Gasteiger partial charge in [-0.2, -0.15) is 4.39 Å². The van der Waals surface area contributed by atoms with Crippen LogP contribution in [0.4, 0.5) is 4.39 Å². The lowest BCUT2D eigenvalue weighted by atomic mass is 10.3. The molecule has 1 heterocycles. The van der Waals surface area contributed by atoms with Gasteiger partial charge >= 0.3 is 0 Å². The van der Waals surface area contributed by atoms with E-state index in [1.54, 1.807) is 6.92 Å². The Bertz CT molecular complexity index is 225. The van der Waals surface area contributed by atoms with Crippen molar-refractivity contribution in [3.8, 4) is 0 Å². The fraction of sp³-hybridized carbons (Fsp3) is 0.375. The summed E-state index contributed by atoms with van der Waals surface area (Å²) in [6, 6.07) is 1.53. The molecule has 1 aromatic heterocycles. The lowest BCUT2D eigenvalue weighted by molar-refractivity contribution is 0.583. The molecule has 0 aliphatic heterocycles. The van der Waals surface area contributed by atoms with Crippen LogP contribution >= 0.6 is 11.6 Å². The second kappa shape index (κ2) is 5.08. The molecule has 1 aromatic rings. The Morgan fingerprint density at radius 2 is 2.00 bits per heavy atom. The minimum Gasteiger partial charge on any atom is -0.227 e. The van der Waals surface area contributed by atoms with Crippen molar-refractivity contribution in [1.82, 2.24) is 4.98 Å². The first-order valence-corrected chi connectivity index (χ1v) is 3.85. The summed E-state index contributed by atoms with van der Waals surface area (Å²) >= 11 is 5.38. The standard InChI is InChI=1S/C6H5ClFN.C2H6/c1-4-2-5(7)6(8)9-3-4;1-2/h2-3H,1H3;1-2H3. The molecule has 0 saturated carbocycles. The summed E-state index contributed by atoms with van der Waals surface area (Å²) in [7, 11) is 0. The molecular formula is C8H11ClFN. The maximum absolute atomic E-state index is 12.3. The normalized spacial score (nSPS) is 8.45. The Morgan fingerprint density at radius 1 is 1.45 bits per heavy atom. The summed E-state index contributed by atoms with van der Waals surface area (Å²) in [5, 5.41) is 0.0787. The fourth-order valence-electron chi connectivity index (χ4n) is 0.517. The Hall–Kier alpha value is -0.630. The summed E-state index contributed by atoms with van der Waals surface area (Å²) < 4.78 is 12.3. The maximum atomic E-state index is 12.3. The van der Waals surface area contributed by atoms with Crippen molar-refractivity contribution in [2.75, 3.05) is 0 Å². The second-order valence-electron chi connectivity index (χ2n) is 1.79. The van der Waals surface area contributed by atoms with Crippen LogP contribution in [0, 0.1) is 12.9 Å². The van der Waals surface area contributed by atoms with Crippen molar-refractivity contribution in [1.29, 1.82) is 0 Å². The molecule has 0 radical (unpaired) electrons. The van der Waals surface area contributed by atoms with E-state index in [0.29, 0.717) is 0 Å². The molecule has 3 heteroatoms. The number of hydrogen-bond donors (Lipinski definition) is 0. The van der Waals surface area contributed by atoms with E-state index in [0.717, 1.165) is 5.56 Å². The Kier molecular flexibility index (Phi) is 4.79. The SMILES string of the molecule is CC.Cc1cnc(F)c(Cl)c1. The van der Waals surface area contributed by atoms with Gasteiger partial charge in [0.25, 0.3) is 0 Å². The van der Waals surface area contributed by atoms with Gasteiger partial charge in [0.2, 0.25) is 5.95 Å². The van der Waals surface area contributed by atoms with Crippen LogP contribution in [0.15, 0.2) is 12.3 Å². The van der Waals surface area contributed by atoms with Gasteiger partial charge in [0.1, 0.15) is 0 Å². The molecule has 0 saturated heterocycles. The smallest absolute Gasteiger partial charge is 0.227 e. The van der Waals surface area contributed by atoms with Crippen molar-refractivity contribution in [2.24, 2.45) is 0 Å². The van der Waals surface area contributed by atoms with E-state index in [1.807, 2.05) is 13.8 Å². The third-order valence-corrected chi connectivity index (χ3v) is 1.20. The molecule has 0 aliphatic carbocycles. The van der Waals surface area contributed by atoms with E-state index < -0.39 is 5.95 Å². The number of pyridine rings is 1. The van der Waals surface area contributed by atoms with Gasteiger partial charge in [-0.15, -0.1) is 0 Å². The van der Waals surface area contributed by atoms with Crippen molar-refractivity contribution in [2.45, 2.75) is 20.8 Å². The number of hydrogen-bond acceptors (Lipinski definition) is 1. The van der Waals surface area contributed by atoms with Crippen molar-refractivity contribution >= 4 is 11.6 Å². The van der Waals surface area contributed by atoms with Gasteiger partial charge in [-0.1, -0.05) is 25.4 Å². The molecule has 0 bridgehead atoms. The Labute approximate surface area is 71.2 Å². The third-order valence-electron chi connectivity index (χ3n) is 0.933. The summed E-state index contributed by atoms with van der Waals surface area (Å²) in [6.45, 7) is 5.80. The van der Waals surface area contributed by atoms with E-state index in [-0.39, 0.29) is 5.02 Å². The summed E-state index contributed by atoms with van der Waals surface area (Å²) in [5.41, 5.74) is 0.862. The van der Waals surface area contributed by atoms with Crippen molar-refractivity contribution in [3.05, 3.63) is 28.8 Å². The van der Waals surface area contributed by atoms with E-state index >= 15 is 0 Å². The second-order valence-corrected chi connectivity index (χ2v) is 2.19. The highest BCUT2D eigenvalue weighted by Gasteiger charge is 1.97. The van der Waals surface area contributed by atoms with Gasteiger partial charge in [-0.3, -0.25) is 0 Å². The predicted octanol–water partition coefficient (Wildman–Crippen LogP) is 3.21. The monoisotopic (exact) mass is 175 g/mol. The number of rotatable bonds is 0. The Morgan fingerprint density at radius 3 is 2.36 bits per heavy atom. The predicted molar refractivity (Wildman–Crippen MR) is 45.3 cm³/mol. The van der Waals surface area contributed by atoms with Crippen molar-refractivity contribution in [3.63, 3.8) is 0 Å². The number of halogens is 2. The average Bonchev–Trinajstić information content (AvgIpc) is 2.02. The minimum atomic E-state index is -0.609. The average molecular weight is 176 g/mol. The summed E-state index contributed by atoms with van der Waals surface area (Å²) in [4.78, 5) is 3.38. The molecule has 0 fully saturated rings. The van der Waals surface area contributed by atoms with Crippen LogP contribution < -0.4 is 0 Å². The molecule has 0 unspecified atom stereocenters. The van der Waals surface area contributed by atoms with Gasteiger partial charge in [-0.05, 0) is 18.6 Å². The molecule has 0 N–H and O–H groups in total. The molecular weight excluding hydrogens is 165 g/mol. The van der Waals surface area contributed by atoms with Crippen molar-refractivity contribution < 1.29 is 4.39 Å². The zero-order valence-electron chi connectivity index (χ0n) is 6.86. The molecule has 1 nitrogen and oxygen atoms in total. The zero-order chi connectivity index (χ0) is 8.85. The summed E-state index contributed by atoms with van der Waals surface area (Å²) in [6.07, 6.45) is 1.43. The number of nitrogens with zero attached hydrogens (tertiary/aromatic N) is 1. The van der Waals surface area contributed by atoms with Crippen LogP contribution in [0.5, 0.6) is 0 Å². The van der Waals surface area contributed by atoms with Gasteiger partial charge in [0.05, 0.1) is 5.02 Å². The minimum absolute atomic E-state index is 0.0787. The van der Waals surface area contributed by atoms with Crippen LogP contribution in [0.2, 0.25) is 5.02 Å². The van der Waals surface area contributed by atoms with Gasteiger partial charge < -0.3 is 0 Å². The molecule has 1 rings (SSSR count). The Balaban J connectivity index is 0.000000461. The fourth-order valence-corrected chi connectivity index (χ4v) is 0.738. The molecule has 0 aliphatic rings. The molecule has 62 valence electrons. The van der Waals surface area contributed by atoms with Crippen LogP contribution in [0.1, 0.15) is 19.4 Å². The first-order chi connectivity index (χ1) is 5.20. The highest BCUT2D eigenvalue weighted by atomic mass is 35.5. The van der Waals surface area contributed by atoms with Crippen LogP contribution in [-0.4, -0.2) is 4.98 Å². The zero-order valence-corrected chi connectivity index (χ0v) is 7.61. The van der Waals surface area contributed by atoms with Crippen LogP contribution in [-0.2, 0) is 0 Å². The van der Waals surface area contributed by atoms with Crippen LogP contribution in [0.25, 0.3) is 0 Å². The molecule has 0 atom stereocenters. The first kappa shape index (κ1) is 10.4. The highest BCUT2D eigenvalue weighted by molar-refractivity contribution is 6.30. The largest absolute Gasteiger partial charge is 0.231 e. The molecule has 0 aromatic carbocycles. The topological polar surface area (TPSA) is 12.9 Å². The van der Waals surface area contributed by atoms with Gasteiger partial charge in [0.15, 0.2) is 0 Å². The number of aryl methyl sites for hydroxylation is 1. The molecule has 0 amide bonds. The van der Waals surface area contributed by atoms with Gasteiger partial charge in [-0.25, -0.2) is 4.98 Å². The van der Waals surface area contributed by atoms with E-state index in [1.165, 1.54) is 12.3 Å². The highest BCUT2D eigenvalue weighted by Crippen LogP contribution is 2.11. The third kappa shape index (κ3) is 3.33. The molecule has 11 heavy (non-hydrogen) atoms. The maximum Gasteiger partial charge on any atom is 0.231 e. The van der Waals surface area contributed by atoms with E-state index in [4.69, 9.17) is 11.6 Å². The molecule has 0 spiro atoms. The van der Waals surface area contributed by atoms with E-state index in [9.17, 15) is 4.39 Å². The first-order valence-electron chi connectivity index (χ1n) is 3.48. The summed E-state index contributed by atoms with van der Waals surface area (Å²) in [5.74, 6) is -0.609. The quantitative estimate of drug-likeness (QED) is 0.552. The van der Waals surface area contributed by atoms with E-state index in [2.05, 4.69) is 4.98 Å². The number of aromatic nitrogens is 1. The lowest BCUT2D eigenvalue weighted by Crippen LogP contribution is -1.83. The lowest BCUT2D eigenvalue weighted by Gasteiger charge is -1.92. The van der Waals surface area contributed by atoms with Crippen LogP contribution in [0.3, 0.4) is 0 Å². The van der Waals surface area contributed by atoms with Gasteiger partial charge in [0, 0.05) is 6.20 Å².